The molecule has 7 heteroatoms. The first-order valence-corrected chi connectivity index (χ1v) is 6.99. The number of carboxylic acid groups (broad SMARTS) is 1. The van der Waals surface area contributed by atoms with Gasteiger partial charge in [0, 0.05) is 17.0 Å². The Hall–Kier alpha value is -2.41. The second kappa shape index (κ2) is 7.65. The average molecular weight is 348 g/mol. The van der Waals surface area contributed by atoms with E-state index in [4.69, 9.17) is 14.3 Å². The van der Waals surface area contributed by atoms with E-state index in [-0.39, 0.29) is 46.2 Å². The Morgan fingerprint density at radius 2 is 1.64 bits per heavy atom. The van der Waals surface area contributed by atoms with Crippen molar-refractivity contribution in [3.8, 4) is 5.75 Å². The maximum atomic E-state index is 12.5. The number of methoxy groups -OCH3 is 1. The van der Waals surface area contributed by atoms with Gasteiger partial charge in [0.2, 0.25) is 0 Å². The molecular weight excluding hydrogens is 335 g/mol. The normalized spacial score (nSPS) is 10.1. The van der Waals surface area contributed by atoms with Gasteiger partial charge >= 0.3 is 41.2 Å². The van der Waals surface area contributed by atoms with Gasteiger partial charge in [-0.25, -0.2) is 9.59 Å². The standard InChI is InChI=1S/C18H12O6.Na.H/c1-23-13-7-6-12-8-14(18(22)24-15(12)9-13)16(19)10-2-4-11(5-3-10)17(20)21;;/h2-9H,1H3,(H,20,21);;. The zero-order valence-corrected chi connectivity index (χ0v) is 12.6. The Morgan fingerprint density at radius 3 is 2.24 bits per heavy atom. The van der Waals surface area contributed by atoms with Gasteiger partial charge in [-0.05, 0) is 30.3 Å². The van der Waals surface area contributed by atoms with Crippen molar-refractivity contribution in [2.24, 2.45) is 0 Å². The SMILES string of the molecule is COc1ccc2cc(C(=O)c3ccc(C(=O)O)cc3)c(=O)oc2c1.[NaH]. The van der Waals surface area contributed by atoms with Crippen LogP contribution in [0.4, 0.5) is 0 Å². The van der Waals surface area contributed by atoms with Crippen LogP contribution in [0, 0.1) is 0 Å². The molecular formula is C18H13NaO6. The predicted molar refractivity (Wildman–Crippen MR) is 93.0 cm³/mol. The van der Waals surface area contributed by atoms with Crippen molar-refractivity contribution < 1.29 is 23.8 Å². The molecule has 25 heavy (non-hydrogen) atoms. The van der Waals surface area contributed by atoms with Crippen LogP contribution in [-0.2, 0) is 0 Å². The van der Waals surface area contributed by atoms with E-state index < -0.39 is 17.4 Å². The number of benzene rings is 2. The second-order valence-electron chi connectivity index (χ2n) is 5.06. The van der Waals surface area contributed by atoms with Crippen LogP contribution in [0.1, 0.15) is 26.3 Å². The summed E-state index contributed by atoms with van der Waals surface area (Å²) in [6.07, 6.45) is 0. The number of hydrogen-bond acceptors (Lipinski definition) is 5. The first kappa shape index (κ1) is 18.9. The predicted octanol–water partition coefficient (Wildman–Crippen LogP) is 2.08. The third kappa shape index (κ3) is 3.82. The summed E-state index contributed by atoms with van der Waals surface area (Å²) in [4.78, 5) is 35.4. The fourth-order valence-corrected chi connectivity index (χ4v) is 2.30. The third-order valence-corrected chi connectivity index (χ3v) is 3.58. The van der Waals surface area contributed by atoms with Gasteiger partial charge in [-0.2, -0.15) is 0 Å². The molecule has 0 unspecified atom stereocenters. The monoisotopic (exact) mass is 348 g/mol. The molecule has 122 valence electrons. The van der Waals surface area contributed by atoms with Gasteiger partial charge in [-0.15, -0.1) is 0 Å². The minimum absolute atomic E-state index is 0. The van der Waals surface area contributed by atoms with E-state index in [1.807, 2.05) is 0 Å². The summed E-state index contributed by atoms with van der Waals surface area (Å²) >= 11 is 0. The third-order valence-electron chi connectivity index (χ3n) is 3.58. The van der Waals surface area contributed by atoms with Crippen LogP contribution < -0.4 is 10.4 Å². The molecule has 3 rings (SSSR count). The summed E-state index contributed by atoms with van der Waals surface area (Å²) in [7, 11) is 1.50. The molecule has 0 fully saturated rings. The molecule has 0 saturated heterocycles. The molecule has 1 heterocycles. The van der Waals surface area contributed by atoms with E-state index in [2.05, 4.69) is 0 Å². The topological polar surface area (TPSA) is 93.8 Å². The van der Waals surface area contributed by atoms with Crippen LogP contribution in [0.15, 0.2) is 57.7 Å². The quantitative estimate of drug-likeness (QED) is 0.441. The molecule has 1 N–H and O–H groups in total. The molecule has 0 spiro atoms. The molecule has 1 aromatic heterocycles. The zero-order chi connectivity index (χ0) is 17.3. The summed E-state index contributed by atoms with van der Waals surface area (Å²) in [5, 5.41) is 9.46. The van der Waals surface area contributed by atoms with Crippen molar-refractivity contribution in [1.82, 2.24) is 0 Å². The van der Waals surface area contributed by atoms with Crippen molar-refractivity contribution >= 4 is 52.3 Å². The van der Waals surface area contributed by atoms with E-state index in [0.717, 1.165) is 0 Å². The van der Waals surface area contributed by atoms with E-state index in [0.29, 0.717) is 16.7 Å². The molecule has 0 saturated carbocycles. The van der Waals surface area contributed by atoms with E-state index >= 15 is 0 Å². The van der Waals surface area contributed by atoms with Crippen molar-refractivity contribution in [2.75, 3.05) is 7.11 Å². The molecule has 0 aliphatic carbocycles. The number of aromatic carboxylic acids is 1. The van der Waals surface area contributed by atoms with Crippen LogP contribution in [0.2, 0.25) is 0 Å². The summed E-state index contributed by atoms with van der Waals surface area (Å²) < 4.78 is 10.3. The number of carboxylic acids is 1. The Balaban J connectivity index is 0.00000225. The molecule has 0 aliphatic rings. The Kier molecular flexibility index (Phi) is 5.79. The van der Waals surface area contributed by atoms with Gasteiger partial charge in [0.1, 0.15) is 16.9 Å². The number of ketones is 1. The summed E-state index contributed by atoms with van der Waals surface area (Å²) in [6, 6.07) is 11.7. The molecule has 3 aromatic rings. The molecule has 0 amide bonds. The number of rotatable bonds is 4. The Morgan fingerprint density at radius 1 is 1.00 bits per heavy atom. The van der Waals surface area contributed by atoms with Crippen LogP contribution >= 0.6 is 0 Å². The number of ether oxygens (including phenoxy) is 1. The van der Waals surface area contributed by atoms with Gasteiger partial charge in [0.15, 0.2) is 5.78 Å². The Labute approximate surface area is 164 Å². The van der Waals surface area contributed by atoms with E-state index in [1.165, 1.54) is 37.4 Å². The summed E-state index contributed by atoms with van der Waals surface area (Å²) in [6.45, 7) is 0. The summed E-state index contributed by atoms with van der Waals surface area (Å²) in [5.41, 5.74) is -0.291. The average Bonchev–Trinajstić information content (AvgIpc) is 2.60. The first-order valence-electron chi connectivity index (χ1n) is 6.99. The maximum absolute atomic E-state index is 12.5. The molecule has 0 bridgehead atoms. The number of hydrogen-bond donors (Lipinski definition) is 1. The Bertz CT molecular complexity index is 1000. The number of carbonyl (C=O) groups excluding carboxylic acids is 1. The van der Waals surface area contributed by atoms with Gasteiger partial charge in [0.05, 0.1) is 12.7 Å². The zero-order valence-electron chi connectivity index (χ0n) is 12.6. The van der Waals surface area contributed by atoms with Gasteiger partial charge < -0.3 is 14.3 Å². The van der Waals surface area contributed by atoms with Crippen molar-refractivity contribution in [2.45, 2.75) is 0 Å². The van der Waals surface area contributed by atoms with Gasteiger partial charge in [-0.3, -0.25) is 4.79 Å². The van der Waals surface area contributed by atoms with E-state index in [9.17, 15) is 14.4 Å². The first-order chi connectivity index (χ1) is 11.5. The molecule has 0 radical (unpaired) electrons. The van der Waals surface area contributed by atoms with Gasteiger partial charge in [0.25, 0.3) is 0 Å². The minimum atomic E-state index is -1.09. The van der Waals surface area contributed by atoms with Crippen LogP contribution in [0.25, 0.3) is 11.0 Å². The van der Waals surface area contributed by atoms with Crippen LogP contribution in [0.3, 0.4) is 0 Å². The summed E-state index contributed by atoms with van der Waals surface area (Å²) in [5.74, 6) is -1.08. The molecule has 6 nitrogen and oxygen atoms in total. The molecule has 0 atom stereocenters. The fourth-order valence-electron chi connectivity index (χ4n) is 2.30. The van der Waals surface area contributed by atoms with Gasteiger partial charge in [-0.1, -0.05) is 12.1 Å². The number of carbonyl (C=O) groups is 2. The van der Waals surface area contributed by atoms with E-state index in [1.54, 1.807) is 18.2 Å². The molecule has 2 aromatic carbocycles. The van der Waals surface area contributed by atoms with Crippen molar-refractivity contribution in [3.05, 3.63) is 75.6 Å². The number of fused-ring (bicyclic) bond motifs is 1. The van der Waals surface area contributed by atoms with Crippen molar-refractivity contribution in [3.63, 3.8) is 0 Å². The fraction of sp³-hybridized carbons (Fsp3) is 0.0556. The van der Waals surface area contributed by atoms with Crippen LogP contribution in [0.5, 0.6) is 5.75 Å². The second-order valence-corrected chi connectivity index (χ2v) is 5.06. The van der Waals surface area contributed by atoms with Crippen LogP contribution in [-0.4, -0.2) is 53.5 Å². The molecule has 0 aliphatic heterocycles. The van der Waals surface area contributed by atoms with Crippen molar-refractivity contribution in [1.29, 1.82) is 0 Å².